The molecule has 4 rings (SSSR count). The number of rotatable bonds is 5. The fourth-order valence-electron chi connectivity index (χ4n) is 2.79. The number of carbonyl (C=O) groups excluding carboxylic acids is 1. The Hall–Kier alpha value is -2.56. The molecule has 1 saturated heterocycles. The van der Waals surface area contributed by atoms with Gasteiger partial charge in [-0.05, 0) is 18.2 Å². The summed E-state index contributed by atoms with van der Waals surface area (Å²) < 4.78 is 6.62. The van der Waals surface area contributed by atoms with E-state index in [2.05, 4.69) is 20.4 Å². The van der Waals surface area contributed by atoms with E-state index in [9.17, 15) is 4.79 Å². The van der Waals surface area contributed by atoms with Gasteiger partial charge in [0, 0.05) is 23.7 Å². The van der Waals surface area contributed by atoms with Gasteiger partial charge in [0.25, 0.3) is 0 Å². The normalized spacial score (nSPS) is 14.4. The maximum Gasteiger partial charge on any atom is 0.233 e. The van der Waals surface area contributed by atoms with Crippen LogP contribution in [0.5, 0.6) is 0 Å². The van der Waals surface area contributed by atoms with Crippen molar-refractivity contribution < 1.29 is 9.53 Å². The number of nitrogens with one attached hydrogen (secondary N) is 1. The second-order valence-corrected chi connectivity index (χ2v) is 7.51. The van der Waals surface area contributed by atoms with Crippen LogP contribution in [-0.2, 0) is 9.53 Å². The number of aromatic amines is 1. The van der Waals surface area contributed by atoms with E-state index >= 15 is 0 Å². The van der Waals surface area contributed by atoms with E-state index in [-0.39, 0.29) is 11.7 Å². The number of hydrogen-bond acceptors (Lipinski definition) is 7. The lowest BCUT2D eigenvalue weighted by Gasteiger charge is -2.26. The Labute approximate surface area is 170 Å². The summed E-state index contributed by atoms with van der Waals surface area (Å²) in [7, 11) is 0. The second-order valence-electron chi connectivity index (χ2n) is 6.13. The summed E-state index contributed by atoms with van der Waals surface area (Å²) in [5, 5.41) is 16.6. The average molecular weight is 420 g/mol. The molecule has 3 aromatic rings. The number of morpholine rings is 1. The Balaban J connectivity index is 1.45. The summed E-state index contributed by atoms with van der Waals surface area (Å²) in [5.41, 5.74) is 2.29. The van der Waals surface area contributed by atoms with Crippen molar-refractivity contribution in [2.75, 3.05) is 37.9 Å². The maximum atomic E-state index is 12.3. The third kappa shape index (κ3) is 3.98. The number of nitrogen functional groups attached to an aromatic ring is 1. The number of carbonyl (C=O) groups is 1. The van der Waals surface area contributed by atoms with Gasteiger partial charge in [-0.2, -0.15) is 5.10 Å². The quantitative estimate of drug-likeness (QED) is 0.477. The maximum absolute atomic E-state index is 12.3. The highest BCUT2D eigenvalue weighted by molar-refractivity contribution is 7.99. The van der Waals surface area contributed by atoms with E-state index in [0.717, 1.165) is 11.3 Å². The Morgan fingerprint density at radius 1 is 1.25 bits per heavy atom. The molecular weight excluding hydrogens is 402 g/mol. The number of H-pyrrole nitrogens is 1. The van der Waals surface area contributed by atoms with E-state index in [1.54, 1.807) is 17.0 Å². The summed E-state index contributed by atoms with van der Waals surface area (Å²) in [4.78, 5) is 14.0. The summed E-state index contributed by atoms with van der Waals surface area (Å²) in [6.45, 7) is 2.37. The zero-order valence-corrected chi connectivity index (χ0v) is 16.4. The van der Waals surface area contributed by atoms with Crippen molar-refractivity contribution in [3.05, 3.63) is 35.4 Å². The fraction of sp³-hybridized carbons (Fsp3) is 0.294. The van der Waals surface area contributed by atoms with Crippen molar-refractivity contribution in [1.29, 1.82) is 0 Å². The predicted octanol–water partition coefficient (Wildman–Crippen LogP) is 1.65. The van der Waals surface area contributed by atoms with Crippen LogP contribution in [-0.4, -0.2) is 67.9 Å². The summed E-state index contributed by atoms with van der Waals surface area (Å²) in [6.07, 6.45) is 0. The van der Waals surface area contributed by atoms with Crippen molar-refractivity contribution in [1.82, 2.24) is 30.0 Å². The molecule has 1 aromatic carbocycles. The average Bonchev–Trinajstić information content (AvgIpc) is 3.34. The Bertz CT molecular complexity index is 966. The molecule has 3 N–H and O–H groups in total. The van der Waals surface area contributed by atoms with Crippen LogP contribution in [0.4, 0.5) is 0 Å². The monoisotopic (exact) mass is 419 g/mol. The standard InChI is InChI=1S/C17H18ClN7O2S/c18-12-3-1-11(2-4-12)13-9-14(21-20-13)16-22-23-17(25(16)19)28-10-15(26)24-5-7-27-8-6-24/h1-4,9H,5-8,10,19H2,(H,20,21). The number of amides is 1. The largest absolute Gasteiger partial charge is 0.378 e. The minimum absolute atomic E-state index is 0.0319. The van der Waals surface area contributed by atoms with Gasteiger partial charge < -0.3 is 15.5 Å². The molecule has 0 aliphatic carbocycles. The molecule has 2 aromatic heterocycles. The Morgan fingerprint density at radius 2 is 2.00 bits per heavy atom. The molecule has 1 amide bonds. The van der Waals surface area contributed by atoms with Gasteiger partial charge in [-0.3, -0.25) is 9.89 Å². The molecular formula is C17H18ClN7O2S. The highest BCUT2D eigenvalue weighted by Crippen LogP contribution is 2.25. The van der Waals surface area contributed by atoms with Crippen LogP contribution in [0.15, 0.2) is 35.5 Å². The predicted molar refractivity (Wildman–Crippen MR) is 106 cm³/mol. The zero-order valence-electron chi connectivity index (χ0n) is 14.8. The van der Waals surface area contributed by atoms with Gasteiger partial charge >= 0.3 is 0 Å². The van der Waals surface area contributed by atoms with E-state index < -0.39 is 0 Å². The minimum Gasteiger partial charge on any atom is -0.378 e. The number of thioether (sulfide) groups is 1. The number of aromatic nitrogens is 5. The lowest BCUT2D eigenvalue weighted by atomic mass is 10.1. The van der Waals surface area contributed by atoms with Crippen LogP contribution in [0, 0.1) is 0 Å². The van der Waals surface area contributed by atoms with Crippen LogP contribution in [0.25, 0.3) is 22.8 Å². The summed E-state index contributed by atoms with van der Waals surface area (Å²) in [5.74, 6) is 6.84. The Kier molecular flexibility index (Phi) is 5.51. The highest BCUT2D eigenvalue weighted by atomic mass is 35.5. The minimum atomic E-state index is 0.0319. The van der Waals surface area contributed by atoms with Crippen molar-refractivity contribution in [2.24, 2.45) is 0 Å². The third-order valence-electron chi connectivity index (χ3n) is 4.31. The molecule has 0 radical (unpaired) electrons. The molecule has 1 aliphatic heterocycles. The van der Waals surface area contributed by atoms with Gasteiger partial charge in [0.15, 0.2) is 0 Å². The first-order valence-corrected chi connectivity index (χ1v) is 9.98. The van der Waals surface area contributed by atoms with Gasteiger partial charge in [0.1, 0.15) is 5.69 Å². The van der Waals surface area contributed by atoms with E-state index in [1.165, 1.54) is 16.4 Å². The number of ether oxygens (including phenoxy) is 1. The Morgan fingerprint density at radius 3 is 2.75 bits per heavy atom. The molecule has 3 heterocycles. The second kappa shape index (κ2) is 8.21. The van der Waals surface area contributed by atoms with Crippen molar-refractivity contribution in [3.63, 3.8) is 0 Å². The number of hydrogen-bond donors (Lipinski definition) is 2. The van der Waals surface area contributed by atoms with Crippen molar-refractivity contribution in [3.8, 4) is 22.8 Å². The van der Waals surface area contributed by atoms with Crippen LogP contribution < -0.4 is 5.84 Å². The molecule has 11 heteroatoms. The molecule has 0 saturated carbocycles. The van der Waals surface area contributed by atoms with Gasteiger partial charge in [-0.25, -0.2) is 4.68 Å². The lowest BCUT2D eigenvalue weighted by Crippen LogP contribution is -2.41. The first kappa shape index (κ1) is 18.8. The van der Waals surface area contributed by atoms with Gasteiger partial charge in [-0.15, -0.1) is 10.2 Å². The first-order chi connectivity index (χ1) is 13.6. The summed E-state index contributed by atoms with van der Waals surface area (Å²) >= 11 is 7.18. The van der Waals surface area contributed by atoms with Gasteiger partial charge in [0.2, 0.25) is 16.9 Å². The first-order valence-electron chi connectivity index (χ1n) is 8.62. The SMILES string of the molecule is Nn1c(SCC(=O)N2CCOCC2)nnc1-c1cc(-c2ccc(Cl)cc2)n[nH]1. The van der Waals surface area contributed by atoms with Crippen LogP contribution in [0.2, 0.25) is 5.02 Å². The van der Waals surface area contributed by atoms with Gasteiger partial charge in [-0.1, -0.05) is 35.5 Å². The smallest absolute Gasteiger partial charge is 0.233 e. The fourth-order valence-corrected chi connectivity index (χ4v) is 3.68. The molecule has 28 heavy (non-hydrogen) atoms. The lowest BCUT2D eigenvalue weighted by molar-refractivity contribution is -0.132. The third-order valence-corrected chi connectivity index (χ3v) is 5.49. The van der Waals surface area contributed by atoms with E-state index in [4.69, 9.17) is 22.2 Å². The number of halogens is 1. The molecule has 146 valence electrons. The number of nitrogens with two attached hydrogens (primary N) is 1. The van der Waals surface area contributed by atoms with E-state index in [1.807, 2.05) is 18.2 Å². The summed E-state index contributed by atoms with van der Waals surface area (Å²) in [6, 6.07) is 9.21. The molecule has 1 fully saturated rings. The number of benzene rings is 1. The molecule has 1 aliphatic rings. The topological polar surface area (TPSA) is 115 Å². The molecule has 0 bridgehead atoms. The number of nitrogens with zero attached hydrogens (tertiary/aromatic N) is 5. The zero-order chi connectivity index (χ0) is 19.5. The molecule has 9 nitrogen and oxygen atoms in total. The van der Waals surface area contributed by atoms with Crippen LogP contribution >= 0.6 is 23.4 Å². The highest BCUT2D eigenvalue weighted by Gasteiger charge is 2.20. The van der Waals surface area contributed by atoms with E-state index in [0.29, 0.717) is 48.0 Å². The molecule has 0 unspecified atom stereocenters. The van der Waals surface area contributed by atoms with Crippen LogP contribution in [0.1, 0.15) is 0 Å². The van der Waals surface area contributed by atoms with Crippen molar-refractivity contribution >= 4 is 29.3 Å². The van der Waals surface area contributed by atoms with Crippen molar-refractivity contribution in [2.45, 2.75) is 5.16 Å². The molecule has 0 atom stereocenters. The van der Waals surface area contributed by atoms with Gasteiger partial charge in [0.05, 0.1) is 24.7 Å². The van der Waals surface area contributed by atoms with Crippen LogP contribution in [0.3, 0.4) is 0 Å². The molecule has 0 spiro atoms.